The number of thiazole rings is 1. The highest BCUT2D eigenvalue weighted by atomic mass is 32.1. The number of carbonyl (C=O) groups excluding carboxylic acids is 3. The van der Waals surface area contributed by atoms with Crippen LogP contribution in [0, 0.1) is 29.1 Å². The van der Waals surface area contributed by atoms with Crippen molar-refractivity contribution >= 4 is 45.7 Å². The van der Waals surface area contributed by atoms with Crippen molar-refractivity contribution in [2.45, 2.75) is 104 Å². The van der Waals surface area contributed by atoms with Crippen LogP contribution in [0.5, 0.6) is 0 Å². The topological polar surface area (TPSA) is 156 Å². The second-order valence-corrected chi connectivity index (χ2v) is 22.8. The first kappa shape index (κ1) is 51.4. The van der Waals surface area contributed by atoms with Crippen molar-refractivity contribution in [3.8, 4) is 22.5 Å². The third-order valence-corrected chi connectivity index (χ3v) is 17.0. The number of fused-ring (bicyclic) bond motifs is 6. The molecule has 0 spiro atoms. The first-order valence-electron chi connectivity index (χ1n) is 26.1. The Morgan fingerprint density at radius 1 is 1.00 bits per heavy atom. The molecule has 7 heterocycles. The van der Waals surface area contributed by atoms with E-state index in [0.717, 1.165) is 109 Å². The van der Waals surface area contributed by atoms with Crippen molar-refractivity contribution in [1.82, 2.24) is 40.1 Å². The average Bonchev–Trinajstić information content (AvgIpc) is 3.63. The number of anilines is 1. The summed E-state index contributed by atoms with van der Waals surface area (Å²) in [6.07, 6.45) is 5.21. The zero-order chi connectivity index (χ0) is 50.1. The molecule has 4 fully saturated rings. The van der Waals surface area contributed by atoms with Crippen LogP contribution in [0.2, 0.25) is 0 Å². The zero-order valence-corrected chi connectivity index (χ0v) is 44.3. The van der Waals surface area contributed by atoms with E-state index in [2.05, 4.69) is 108 Å². The Labute approximate surface area is 424 Å². The molecule has 1 aliphatic carbocycles. The van der Waals surface area contributed by atoms with Gasteiger partial charge in [-0.2, -0.15) is 0 Å². The fourth-order valence-electron chi connectivity index (χ4n) is 11.2. The van der Waals surface area contributed by atoms with E-state index in [0.29, 0.717) is 50.6 Å². The molecule has 2 N–H and O–H groups in total. The highest BCUT2D eigenvalue weighted by molar-refractivity contribution is 7.10. The zero-order valence-electron chi connectivity index (χ0n) is 43.5. The minimum absolute atomic E-state index is 0.146. The molecule has 3 aromatic heterocycles. The Hall–Kier alpha value is -4.49. The number of hydrogen-bond acceptors (Lipinski definition) is 14. The lowest BCUT2D eigenvalue weighted by Crippen LogP contribution is -2.61. The lowest BCUT2D eigenvalue weighted by atomic mass is 9.84. The number of carbonyl (C=O) groups is 3. The van der Waals surface area contributed by atoms with Crippen LogP contribution in [0.4, 0.5) is 5.69 Å². The molecule has 5 aliphatic rings. The van der Waals surface area contributed by atoms with Gasteiger partial charge in [0, 0.05) is 98.8 Å². The molecule has 17 heteroatoms. The number of rotatable bonds is 13. The van der Waals surface area contributed by atoms with Gasteiger partial charge in [-0.1, -0.05) is 33.8 Å². The van der Waals surface area contributed by atoms with Gasteiger partial charge in [0.2, 0.25) is 5.91 Å². The molecule has 4 aliphatic heterocycles. The van der Waals surface area contributed by atoms with Crippen molar-refractivity contribution in [2.75, 3.05) is 98.8 Å². The maximum atomic E-state index is 15.1. The summed E-state index contributed by atoms with van der Waals surface area (Å²) in [5, 5.41) is 8.45. The number of nitrogens with one attached hydrogen (secondary N) is 2. The number of hydrazine groups is 1. The van der Waals surface area contributed by atoms with Gasteiger partial charge in [-0.05, 0) is 114 Å². The van der Waals surface area contributed by atoms with E-state index in [9.17, 15) is 9.59 Å². The third-order valence-electron chi connectivity index (χ3n) is 16.1. The summed E-state index contributed by atoms with van der Waals surface area (Å²) in [6.45, 7) is 18.4. The first-order valence-corrected chi connectivity index (χ1v) is 26.9. The number of benzene rings is 1. The van der Waals surface area contributed by atoms with Crippen molar-refractivity contribution in [1.29, 1.82) is 0 Å². The number of aromatic nitrogens is 3. The van der Waals surface area contributed by atoms with Gasteiger partial charge in [0.15, 0.2) is 0 Å². The number of piperidine rings is 1. The molecule has 3 saturated heterocycles. The summed E-state index contributed by atoms with van der Waals surface area (Å²) < 4.78 is 27.4. The highest BCUT2D eigenvalue weighted by Crippen LogP contribution is 2.46. The molecule has 0 unspecified atom stereocenters. The van der Waals surface area contributed by atoms with Crippen LogP contribution < -0.4 is 15.6 Å². The molecular formula is C54H77N9O7S. The number of amides is 2. The van der Waals surface area contributed by atoms with E-state index in [4.69, 9.17) is 28.9 Å². The van der Waals surface area contributed by atoms with Crippen molar-refractivity contribution < 1.29 is 33.3 Å². The summed E-state index contributed by atoms with van der Waals surface area (Å²) in [5.74, 6) is -0.447. The number of aryl methyl sites for hydroxylation is 1. The number of piperazine rings is 1. The number of nitrogens with zero attached hydrogens (tertiary/aromatic N) is 7. The predicted molar refractivity (Wildman–Crippen MR) is 277 cm³/mol. The van der Waals surface area contributed by atoms with Crippen LogP contribution >= 0.6 is 11.3 Å². The van der Waals surface area contributed by atoms with Crippen LogP contribution in [-0.2, 0) is 46.3 Å². The molecule has 386 valence electrons. The van der Waals surface area contributed by atoms with Crippen molar-refractivity contribution in [2.24, 2.45) is 29.1 Å². The standard InChI is InChI=1S/C54H77N9O7S/c1-33-34(2)45(33)50(64)57-47-49(69-30-36-15-19-59(6)20-16-36)51-56-43(31-71-51)37-13-14-44-39(26-37)41(28-54(4,5)32-70-53(66)42-12-10-18-63(58-42)52(47)65)48(62(44)17-11-25-67-8)40-27-38(29-55-46(40)35(3)68-9)61-23-21-60(7)22-24-61/h13-14,26-27,29,31,33-36,42,45,47,49,58H,10-12,15-25,28,30,32H2,1-9H3,(H,57,64)/t33-,34+,35-,42-,45+,47-,49-/m0/s1. The normalized spacial score (nSPS) is 26.3. The second kappa shape index (κ2) is 21.9. The first-order chi connectivity index (χ1) is 34.1. The van der Waals surface area contributed by atoms with Gasteiger partial charge in [-0.3, -0.25) is 24.4 Å². The van der Waals surface area contributed by atoms with Gasteiger partial charge < -0.3 is 43.5 Å². The molecule has 9 rings (SSSR count). The van der Waals surface area contributed by atoms with Crippen molar-refractivity contribution in [3.63, 3.8) is 0 Å². The third kappa shape index (κ3) is 11.2. The fraction of sp³-hybridized carbons (Fsp3) is 0.648. The Morgan fingerprint density at radius 3 is 2.46 bits per heavy atom. The number of ether oxygens (including phenoxy) is 4. The second-order valence-electron chi connectivity index (χ2n) is 21.9. The van der Waals surface area contributed by atoms with Crippen LogP contribution in [0.1, 0.15) is 95.2 Å². The molecule has 71 heavy (non-hydrogen) atoms. The van der Waals surface area contributed by atoms with E-state index in [-0.39, 0.29) is 48.2 Å². The molecule has 4 aromatic rings. The molecular weight excluding hydrogens is 919 g/mol. The van der Waals surface area contributed by atoms with Gasteiger partial charge in [-0.15, -0.1) is 11.3 Å². The number of esters is 1. The smallest absolute Gasteiger partial charge is 0.324 e. The minimum Gasteiger partial charge on any atom is -0.464 e. The minimum atomic E-state index is -1.09. The van der Waals surface area contributed by atoms with Crippen molar-refractivity contribution in [3.05, 3.63) is 52.1 Å². The molecule has 2 amide bonds. The van der Waals surface area contributed by atoms with Crippen LogP contribution in [0.25, 0.3) is 33.4 Å². The number of cyclic esters (lactones) is 1. The lowest BCUT2D eigenvalue weighted by molar-refractivity contribution is -0.157. The maximum absolute atomic E-state index is 15.1. The number of likely N-dealkylation sites (tertiary alicyclic amines) is 1. The van der Waals surface area contributed by atoms with Crippen LogP contribution in [-0.4, -0.2) is 153 Å². The van der Waals surface area contributed by atoms with E-state index in [1.165, 1.54) is 16.3 Å². The summed E-state index contributed by atoms with van der Waals surface area (Å²) in [7, 11) is 7.78. The van der Waals surface area contributed by atoms with E-state index < -0.39 is 29.6 Å². The lowest BCUT2D eigenvalue weighted by Gasteiger charge is -2.37. The quantitative estimate of drug-likeness (QED) is 0.108. The van der Waals surface area contributed by atoms with E-state index in [1.807, 2.05) is 6.20 Å². The van der Waals surface area contributed by atoms with Crippen LogP contribution in [0.3, 0.4) is 0 Å². The molecule has 6 bridgehead atoms. The number of likely N-dealkylation sites (N-methyl/N-ethyl adjacent to an activating group) is 1. The number of pyridine rings is 1. The molecule has 16 nitrogen and oxygen atoms in total. The average molecular weight is 996 g/mol. The van der Waals surface area contributed by atoms with E-state index >= 15 is 4.79 Å². The number of hydrogen-bond donors (Lipinski definition) is 2. The molecule has 7 atom stereocenters. The maximum Gasteiger partial charge on any atom is 0.324 e. The Kier molecular flexibility index (Phi) is 15.9. The number of methoxy groups -OCH3 is 2. The van der Waals surface area contributed by atoms with Gasteiger partial charge in [0.1, 0.15) is 23.2 Å². The van der Waals surface area contributed by atoms with Crippen LogP contribution in [0.15, 0.2) is 35.8 Å². The monoisotopic (exact) mass is 996 g/mol. The largest absolute Gasteiger partial charge is 0.464 e. The Balaban J connectivity index is 1.21. The Morgan fingerprint density at radius 2 is 1.75 bits per heavy atom. The summed E-state index contributed by atoms with van der Waals surface area (Å²) in [5.41, 5.74) is 10.6. The summed E-state index contributed by atoms with van der Waals surface area (Å²) >= 11 is 1.45. The van der Waals surface area contributed by atoms with Gasteiger partial charge in [0.25, 0.3) is 5.91 Å². The fourth-order valence-corrected chi connectivity index (χ4v) is 12.1. The summed E-state index contributed by atoms with van der Waals surface area (Å²) in [4.78, 5) is 61.1. The van der Waals surface area contributed by atoms with Gasteiger partial charge >= 0.3 is 5.97 Å². The molecule has 1 saturated carbocycles. The predicted octanol–water partition coefficient (Wildman–Crippen LogP) is 6.73. The highest BCUT2D eigenvalue weighted by Gasteiger charge is 2.50. The Bertz CT molecular complexity index is 2520. The molecule has 0 radical (unpaired) electrons. The SMILES string of the molecule is COCCCn1c(-c2cc(N3CCN(C)CC3)cnc2[C@H](C)OC)c2c3cc(ccc31)-c1csc(n1)[C@@H](OCC1CCN(C)CC1)[C@H](NC(=O)[C@H]1[C@H](C)[C@@H]1C)C(=O)N1CCC[C@H](N1)C(=O)OCC(C)(C)C2. The molecule has 1 aromatic carbocycles. The summed E-state index contributed by atoms with van der Waals surface area (Å²) in [6, 6.07) is 7.04. The van der Waals surface area contributed by atoms with Gasteiger partial charge in [-0.25, -0.2) is 10.4 Å². The van der Waals surface area contributed by atoms with E-state index in [1.54, 1.807) is 14.2 Å². The van der Waals surface area contributed by atoms with Gasteiger partial charge in [0.05, 0.1) is 48.3 Å².